The zero-order valence-corrected chi connectivity index (χ0v) is 7.60. The van der Waals surface area contributed by atoms with Gasteiger partial charge in [0, 0.05) is 13.1 Å². The van der Waals surface area contributed by atoms with Crippen molar-refractivity contribution in [2.24, 2.45) is 0 Å². The van der Waals surface area contributed by atoms with Gasteiger partial charge < -0.3 is 10.6 Å². The molecule has 0 saturated heterocycles. The third-order valence-corrected chi connectivity index (χ3v) is 2.05. The van der Waals surface area contributed by atoms with Crippen molar-refractivity contribution in [1.29, 1.82) is 0 Å². The fourth-order valence-corrected chi connectivity index (χ4v) is 1.35. The van der Waals surface area contributed by atoms with Crippen LogP contribution in [0.5, 0.6) is 0 Å². The van der Waals surface area contributed by atoms with Gasteiger partial charge in [0.05, 0.1) is 0 Å². The van der Waals surface area contributed by atoms with Gasteiger partial charge in [-0.1, -0.05) is 12.2 Å². The third-order valence-electron chi connectivity index (χ3n) is 2.05. The van der Waals surface area contributed by atoms with Crippen LogP contribution in [0.4, 0.5) is 5.95 Å². The van der Waals surface area contributed by atoms with Crippen LogP contribution in [0.1, 0.15) is 17.0 Å². The standard InChI is InChI=1S/C8H11N5O/c9-8-10-6(11-12-8)7(14)13-4-2-1-3-5-13/h1-2H,3-5H2,(H3,9,10,11,12). The fraction of sp³-hybridized carbons (Fsp3) is 0.375. The van der Waals surface area contributed by atoms with Crippen molar-refractivity contribution in [1.82, 2.24) is 20.1 Å². The summed E-state index contributed by atoms with van der Waals surface area (Å²) in [5, 5.41) is 6.11. The Bertz CT molecular complexity index is 370. The first-order valence-corrected chi connectivity index (χ1v) is 4.39. The Hall–Kier alpha value is -1.85. The van der Waals surface area contributed by atoms with Crippen molar-refractivity contribution in [2.45, 2.75) is 6.42 Å². The number of carbonyl (C=O) groups is 1. The van der Waals surface area contributed by atoms with Crippen LogP contribution in [0.15, 0.2) is 12.2 Å². The number of H-pyrrole nitrogens is 1. The van der Waals surface area contributed by atoms with E-state index in [-0.39, 0.29) is 17.7 Å². The lowest BCUT2D eigenvalue weighted by atomic mass is 10.2. The minimum Gasteiger partial charge on any atom is -0.366 e. The molecule has 0 radical (unpaired) electrons. The van der Waals surface area contributed by atoms with Crippen LogP contribution in [0.3, 0.4) is 0 Å². The van der Waals surface area contributed by atoms with E-state index in [4.69, 9.17) is 5.73 Å². The zero-order chi connectivity index (χ0) is 9.97. The molecular weight excluding hydrogens is 182 g/mol. The quantitative estimate of drug-likeness (QED) is 0.604. The van der Waals surface area contributed by atoms with Gasteiger partial charge in [0.25, 0.3) is 5.91 Å². The Morgan fingerprint density at radius 1 is 1.57 bits per heavy atom. The Morgan fingerprint density at radius 2 is 2.43 bits per heavy atom. The SMILES string of the molecule is Nc1n[nH]c(C(=O)N2CC=CCC2)n1. The summed E-state index contributed by atoms with van der Waals surface area (Å²) in [6.45, 7) is 1.34. The summed E-state index contributed by atoms with van der Waals surface area (Å²) in [4.78, 5) is 17.2. The first kappa shape index (κ1) is 8.74. The van der Waals surface area contributed by atoms with Crippen LogP contribution in [0, 0.1) is 0 Å². The van der Waals surface area contributed by atoms with Crippen LogP contribution in [0.2, 0.25) is 0 Å². The van der Waals surface area contributed by atoms with Crippen molar-refractivity contribution in [3.05, 3.63) is 18.0 Å². The van der Waals surface area contributed by atoms with E-state index in [2.05, 4.69) is 21.3 Å². The lowest BCUT2D eigenvalue weighted by Crippen LogP contribution is -2.34. The number of aromatic nitrogens is 3. The molecule has 1 aromatic heterocycles. The monoisotopic (exact) mass is 193 g/mol. The summed E-state index contributed by atoms with van der Waals surface area (Å²) in [6.07, 6.45) is 4.90. The van der Waals surface area contributed by atoms with Gasteiger partial charge >= 0.3 is 0 Å². The highest BCUT2D eigenvalue weighted by Gasteiger charge is 2.18. The lowest BCUT2D eigenvalue weighted by molar-refractivity contribution is 0.0759. The predicted molar refractivity (Wildman–Crippen MR) is 50.5 cm³/mol. The Kier molecular flexibility index (Phi) is 2.18. The second-order valence-corrected chi connectivity index (χ2v) is 3.05. The number of anilines is 1. The maximum Gasteiger partial charge on any atom is 0.291 e. The summed E-state index contributed by atoms with van der Waals surface area (Å²) < 4.78 is 0. The minimum absolute atomic E-state index is 0.0981. The topological polar surface area (TPSA) is 87.9 Å². The van der Waals surface area contributed by atoms with Crippen LogP contribution in [-0.4, -0.2) is 39.1 Å². The largest absolute Gasteiger partial charge is 0.366 e. The van der Waals surface area contributed by atoms with Gasteiger partial charge in [-0.25, -0.2) is 0 Å². The summed E-state index contributed by atoms with van der Waals surface area (Å²) in [7, 11) is 0. The molecule has 0 aromatic carbocycles. The Labute approximate surface area is 80.8 Å². The van der Waals surface area contributed by atoms with E-state index in [0.717, 1.165) is 13.0 Å². The summed E-state index contributed by atoms with van der Waals surface area (Å²) in [5.74, 6) is 0.150. The summed E-state index contributed by atoms with van der Waals surface area (Å²) >= 11 is 0. The molecule has 2 heterocycles. The molecule has 0 bridgehead atoms. The smallest absolute Gasteiger partial charge is 0.291 e. The van der Waals surface area contributed by atoms with Gasteiger partial charge in [0.2, 0.25) is 11.8 Å². The van der Waals surface area contributed by atoms with E-state index >= 15 is 0 Å². The van der Waals surface area contributed by atoms with Gasteiger partial charge in [-0.2, -0.15) is 4.98 Å². The predicted octanol–water partition coefficient (Wildman–Crippen LogP) is -0.211. The second-order valence-electron chi connectivity index (χ2n) is 3.05. The van der Waals surface area contributed by atoms with Crippen molar-refractivity contribution < 1.29 is 4.79 Å². The average Bonchev–Trinajstić information content (AvgIpc) is 2.65. The average molecular weight is 193 g/mol. The number of nitrogen functional groups attached to an aromatic ring is 1. The molecule has 6 heteroatoms. The van der Waals surface area contributed by atoms with Gasteiger partial charge in [-0.3, -0.25) is 9.89 Å². The number of hydrogen-bond acceptors (Lipinski definition) is 4. The van der Waals surface area contributed by atoms with E-state index < -0.39 is 0 Å². The normalized spacial score (nSPS) is 15.9. The summed E-state index contributed by atoms with van der Waals surface area (Å²) in [6, 6.07) is 0. The molecule has 1 amide bonds. The molecule has 0 aliphatic carbocycles. The van der Waals surface area contributed by atoms with Crippen LogP contribution in [-0.2, 0) is 0 Å². The number of rotatable bonds is 1. The van der Waals surface area contributed by atoms with Gasteiger partial charge in [-0.15, -0.1) is 5.10 Å². The minimum atomic E-state index is -0.154. The molecule has 0 unspecified atom stereocenters. The van der Waals surface area contributed by atoms with Gasteiger partial charge in [0.15, 0.2) is 0 Å². The summed E-state index contributed by atoms with van der Waals surface area (Å²) in [5.41, 5.74) is 5.31. The lowest BCUT2D eigenvalue weighted by Gasteiger charge is -2.21. The molecule has 0 spiro atoms. The van der Waals surface area contributed by atoms with E-state index in [9.17, 15) is 4.79 Å². The molecule has 1 aliphatic heterocycles. The molecule has 14 heavy (non-hydrogen) atoms. The molecule has 3 N–H and O–H groups in total. The Morgan fingerprint density at radius 3 is 3.00 bits per heavy atom. The van der Waals surface area contributed by atoms with Crippen LogP contribution < -0.4 is 5.73 Å². The molecule has 1 aliphatic rings. The number of nitrogens with one attached hydrogen (secondary N) is 1. The van der Waals surface area contributed by atoms with Crippen LogP contribution >= 0.6 is 0 Å². The van der Waals surface area contributed by atoms with Crippen molar-refractivity contribution in [3.8, 4) is 0 Å². The number of amides is 1. The molecule has 0 fully saturated rings. The molecule has 1 aromatic rings. The van der Waals surface area contributed by atoms with Gasteiger partial charge in [0.1, 0.15) is 0 Å². The third kappa shape index (κ3) is 1.59. The van der Waals surface area contributed by atoms with E-state index in [0.29, 0.717) is 6.54 Å². The second kappa shape index (κ2) is 3.49. The van der Waals surface area contributed by atoms with E-state index in [1.807, 2.05) is 6.08 Å². The zero-order valence-electron chi connectivity index (χ0n) is 7.60. The van der Waals surface area contributed by atoms with Crippen molar-refractivity contribution >= 4 is 11.9 Å². The first-order valence-electron chi connectivity index (χ1n) is 4.39. The van der Waals surface area contributed by atoms with Crippen LogP contribution in [0.25, 0.3) is 0 Å². The molecule has 6 nitrogen and oxygen atoms in total. The molecule has 0 atom stereocenters. The number of aromatic amines is 1. The molecule has 2 rings (SSSR count). The van der Waals surface area contributed by atoms with Gasteiger partial charge in [-0.05, 0) is 6.42 Å². The maximum atomic E-state index is 11.7. The Balaban J connectivity index is 2.11. The highest BCUT2D eigenvalue weighted by molar-refractivity contribution is 5.90. The fourth-order valence-electron chi connectivity index (χ4n) is 1.35. The molecule has 74 valence electrons. The van der Waals surface area contributed by atoms with E-state index in [1.54, 1.807) is 4.90 Å². The molecule has 0 saturated carbocycles. The number of nitrogens with zero attached hydrogens (tertiary/aromatic N) is 3. The highest BCUT2D eigenvalue weighted by atomic mass is 16.2. The van der Waals surface area contributed by atoms with Crippen molar-refractivity contribution in [2.75, 3.05) is 18.8 Å². The number of carbonyl (C=O) groups excluding carboxylic acids is 1. The number of hydrogen-bond donors (Lipinski definition) is 2. The van der Waals surface area contributed by atoms with Crippen molar-refractivity contribution in [3.63, 3.8) is 0 Å². The number of nitrogens with two attached hydrogens (primary N) is 1. The first-order chi connectivity index (χ1) is 6.77. The molecular formula is C8H11N5O. The van der Waals surface area contributed by atoms with E-state index in [1.165, 1.54) is 0 Å². The maximum absolute atomic E-state index is 11.7. The highest BCUT2D eigenvalue weighted by Crippen LogP contribution is 2.05.